The third-order valence-corrected chi connectivity index (χ3v) is 7.53. The van der Waals surface area contributed by atoms with E-state index in [2.05, 4.69) is 16.6 Å². The molecule has 2 aliphatic heterocycles. The molecule has 0 aromatic heterocycles. The Hall–Kier alpha value is -2.92. The van der Waals surface area contributed by atoms with Gasteiger partial charge in [-0.05, 0) is 74.6 Å². The average molecular weight is 526 g/mol. The SMILES string of the molecule is C=C(N1[C@@H]2CC[C@H]1CC(NS(C)(=O)=O)C2)C(F)(F)c1cc(C(=O)Nc2ccc(F)c(C)c2)ccc1F. The zero-order valence-corrected chi connectivity index (χ0v) is 20.6. The molecule has 2 fully saturated rings. The van der Waals surface area contributed by atoms with Crippen LogP contribution in [0.1, 0.15) is 47.2 Å². The lowest BCUT2D eigenvalue weighted by atomic mass is 9.94. The number of fused-ring (bicyclic) bond motifs is 2. The molecule has 0 saturated carbocycles. The minimum absolute atomic E-state index is 0.195. The normalized spacial score (nSPS) is 21.9. The van der Waals surface area contributed by atoms with Crippen LogP contribution in [0.4, 0.5) is 23.2 Å². The van der Waals surface area contributed by atoms with E-state index in [9.17, 15) is 22.0 Å². The van der Waals surface area contributed by atoms with Gasteiger partial charge in [0.05, 0.1) is 17.5 Å². The van der Waals surface area contributed by atoms with Crippen molar-refractivity contribution in [3.05, 3.63) is 77.0 Å². The lowest BCUT2D eigenvalue weighted by Crippen LogP contribution is -2.51. The number of sulfonamides is 1. The van der Waals surface area contributed by atoms with Crippen LogP contribution in [-0.4, -0.2) is 43.6 Å². The van der Waals surface area contributed by atoms with Gasteiger partial charge in [-0.2, -0.15) is 8.78 Å². The lowest BCUT2D eigenvalue weighted by Gasteiger charge is -2.43. The van der Waals surface area contributed by atoms with Gasteiger partial charge in [0.15, 0.2) is 0 Å². The number of piperidine rings is 1. The molecule has 36 heavy (non-hydrogen) atoms. The number of carbonyl (C=O) groups is 1. The van der Waals surface area contributed by atoms with E-state index in [0.29, 0.717) is 31.2 Å². The molecule has 1 amide bonds. The van der Waals surface area contributed by atoms with E-state index in [1.165, 1.54) is 30.0 Å². The topological polar surface area (TPSA) is 78.5 Å². The van der Waals surface area contributed by atoms with Gasteiger partial charge in [-0.3, -0.25) is 4.79 Å². The number of aryl methyl sites for hydroxylation is 1. The molecule has 2 aliphatic rings. The Bertz CT molecular complexity index is 1300. The number of hydrogen-bond donors (Lipinski definition) is 2. The number of nitrogens with zero attached hydrogens (tertiary/aromatic N) is 1. The molecule has 1 unspecified atom stereocenters. The Morgan fingerprint density at radius 1 is 1.06 bits per heavy atom. The summed E-state index contributed by atoms with van der Waals surface area (Å²) in [5.41, 5.74) is -1.20. The van der Waals surface area contributed by atoms with Gasteiger partial charge in [0, 0.05) is 29.4 Å². The van der Waals surface area contributed by atoms with Crippen molar-refractivity contribution in [1.82, 2.24) is 9.62 Å². The fourth-order valence-electron chi connectivity index (χ4n) is 5.17. The van der Waals surface area contributed by atoms with E-state index in [1.807, 2.05) is 0 Å². The predicted octanol–water partition coefficient (Wildman–Crippen LogP) is 4.68. The molecule has 2 heterocycles. The van der Waals surface area contributed by atoms with Crippen LogP contribution in [0.2, 0.25) is 0 Å². The maximum absolute atomic E-state index is 15.6. The Kier molecular flexibility index (Phi) is 6.91. The van der Waals surface area contributed by atoms with E-state index in [4.69, 9.17) is 0 Å². The van der Waals surface area contributed by atoms with Gasteiger partial charge in [-0.25, -0.2) is 21.9 Å². The van der Waals surface area contributed by atoms with Crippen LogP contribution < -0.4 is 10.0 Å². The second-order valence-electron chi connectivity index (χ2n) is 9.48. The number of rotatable bonds is 7. The highest BCUT2D eigenvalue weighted by Gasteiger charge is 2.49. The average Bonchev–Trinajstić information content (AvgIpc) is 3.04. The van der Waals surface area contributed by atoms with Crippen LogP contribution in [0.15, 0.2) is 48.7 Å². The summed E-state index contributed by atoms with van der Waals surface area (Å²) >= 11 is 0. The van der Waals surface area contributed by atoms with Crippen LogP contribution in [0.25, 0.3) is 0 Å². The standard InChI is InChI=1S/C25H27F4N3O3S/c1-14-10-17(5-9-22(14)26)30-24(33)16-4-8-23(27)21(11-16)25(28,29)15(2)32-19-6-7-20(32)13-18(12-19)31-36(3,34)35/h4-5,8-11,18-20,31H,2,6-7,12-13H2,1,3H3,(H,30,33)/t18?,19-,20+. The number of nitrogens with one attached hydrogen (secondary N) is 2. The third kappa shape index (κ3) is 5.27. The van der Waals surface area contributed by atoms with Gasteiger partial charge in [0.25, 0.3) is 5.91 Å². The summed E-state index contributed by atoms with van der Waals surface area (Å²) < 4.78 is 85.2. The first-order valence-corrected chi connectivity index (χ1v) is 13.4. The third-order valence-electron chi connectivity index (χ3n) is 6.77. The van der Waals surface area contributed by atoms with E-state index >= 15 is 8.78 Å². The summed E-state index contributed by atoms with van der Waals surface area (Å²) in [6.07, 6.45) is 2.90. The van der Waals surface area contributed by atoms with Crippen molar-refractivity contribution < 1.29 is 30.8 Å². The first-order valence-electron chi connectivity index (χ1n) is 11.5. The Balaban J connectivity index is 1.55. The molecule has 0 aliphatic carbocycles. The number of allylic oxidation sites excluding steroid dienone is 1. The van der Waals surface area contributed by atoms with Gasteiger partial charge < -0.3 is 10.2 Å². The van der Waals surface area contributed by atoms with Crippen molar-refractivity contribution in [1.29, 1.82) is 0 Å². The second-order valence-corrected chi connectivity index (χ2v) is 11.3. The largest absolute Gasteiger partial charge is 0.364 e. The highest BCUT2D eigenvalue weighted by molar-refractivity contribution is 7.88. The predicted molar refractivity (Wildman–Crippen MR) is 128 cm³/mol. The molecule has 2 saturated heterocycles. The summed E-state index contributed by atoms with van der Waals surface area (Å²) in [5.74, 6) is -6.21. The number of carbonyl (C=O) groups excluding carboxylic acids is 1. The summed E-state index contributed by atoms with van der Waals surface area (Å²) in [5, 5.41) is 2.50. The number of alkyl halides is 2. The first-order chi connectivity index (χ1) is 16.8. The first kappa shape index (κ1) is 26.2. The molecule has 0 radical (unpaired) electrons. The van der Waals surface area contributed by atoms with Crippen LogP contribution >= 0.6 is 0 Å². The van der Waals surface area contributed by atoms with E-state index in [0.717, 1.165) is 24.5 Å². The van der Waals surface area contributed by atoms with E-state index < -0.39 is 44.7 Å². The lowest BCUT2D eigenvalue weighted by molar-refractivity contribution is -0.0141. The summed E-state index contributed by atoms with van der Waals surface area (Å²) in [6, 6.07) is 5.50. The van der Waals surface area contributed by atoms with Crippen molar-refractivity contribution in [3.63, 3.8) is 0 Å². The van der Waals surface area contributed by atoms with Gasteiger partial charge in [0.1, 0.15) is 11.6 Å². The van der Waals surface area contributed by atoms with Crippen LogP contribution in [0.5, 0.6) is 0 Å². The summed E-state index contributed by atoms with van der Waals surface area (Å²) in [4.78, 5) is 14.2. The number of benzene rings is 2. The highest BCUT2D eigenvalue weighted by Crippen LogP contribution is 2.46. The van der Waals surface area contributed by atoms with Crippen molar-refractivity contribution >= 4 is 21.6 Å². The van der Waals surface area contributed by atoms with Crippen LogP contribution in [-0.2, 0) is 15.9 Å². The minimum atomic E-state index is -3.81. The molecule has 2 bridgehead atoms. The smallest absolute Gasteiger partial charge is 0.314 e. The van der Waals surface area contributed by atoms with Crippen LogP contribution in [0, 0.1) is 18.6 Å². The van der Waals surface area contributed by atoms with Crippen molar-refractivity contribution in [2.24, 2.45) is 0 Å². The molecule has 2 aromatic rings. The zero-order chi connectivity index (χ0) is 26.4. The van der Waals surface area contributed by atoms with Gasteiger partial charge >= 0.3 is 5.92 Å². The number of anilines is 1. The van der Waals surface area contributed by atoms with Gasteiger partial charge in [-0.15, -0.1) is 0 Å². The Morgan fingerprint density at radius 2 is 1.67 bits per heavy atom. The molecule has 4 rings (SSSR count). The van der Waals surface area contributed by atoms with E-state index in [-0.39, 0.29) is 29.4 Å². The Labute approximate surface area is 207 Å². The number of amides is 1. The molecular weight excluding hydrogens is 498 g/mol. The van der Waals surface area contributed by atoms with Crippen molar-refractivity contribution in [2.75, 3.05) is 11.6 Å². The van der Waals surface area contributed by atoms with Crippen molar-refractivity contribution in [2.45, 2.75) is 56.7 Å². The molecule has 0 spiro atoms. The monoisotopic (exact) mass is 525 g/mol. The van der Waals surface area contributed by atoms with Crippen LogP contribution in [0.3, 0.4) is 0 Å². The highest BCUT2D eigenvalue weighted by atomic mass is 32.2. The Morgan fingerprint density at radius 3 is 2.25 bits per heavy atom. The second kappa shape index (κ2) is 9.51. The van der Waals surface area contributed by atoms with Crippen molar-refractivity contribution in [3.8, 4) is 0 Å². The fourth-order valence-corrected chi connectivity index (χ4v) is 5.97. The van der Waals surface area contributed by atoms with Gasteiger partial charge in [-0.1, -0.05) is 6.58 Å². The quantitative estimate of drug-likeness (QED) is 0.515. The molecule has 11 heteroatoms. The summed E-state index contributed by atoms with van der Waals surface area (Å²) in [6.45, 7) is 5.12. The minimum Gasteiger partial charge on any atom is -0.364 e. The molecule has 2 aromatic carbocycles. The molecule has 6 nitrogen and oxygen atoms in total. The molecular formula is C25H27F4N3O3S. The van der Waals surface area contributed by atoms with E-state index in [1.54, 1.807) is 0 Å². The molecule has 3 atom stereocenters. The molecule has 194 valence electrons. The van der Waals surface area contributed by atoms with Gasteiger partial charge in [0.2, 0.25) is 10.0 Å². The maximum atomic E-state index is 15.6. The zero-order valence-electron chi connectivity index (χ0n) is 19.8. The maximum Gasteiger partial charge on any atom is 0.314 e. The fraction of sp³-hybridized carbons (Fsp3) is 0.400. The number of hydrogen-bond acceptors (Lipinski definition) is 4. The number of halogens is 4. The molecule has 2 N–H and O–H groups in total. The summed E-state index contributed by atoms with van der Waals surface area (Å²) in [7, 11) is -3.44.